The highest BCUT2D eigenvalue weighted by molar-refractivity contribution is 7.89. The molecule has 3 rings (SSSR count). The van der Waals surface area contributed by atoms with Crippen LogP contribution in [0.2, 0.25) is 0 Å². The number of aromatic nitrogens is 1. The molecule has 2 fully saturated rings. The summed E-state index contributed by atoms with van der Waals surface area (Å²) >= 11 is 0. The van der Waals surface area contributed by atoms with E-state index in [9.17, 15) is 18.0 Å². The second-order valence-corrected chi connectivity index (χ2v) is 9.71. The summed E-state index contributed by atoms with van der Waals surface area (Å²) in [5.41, 5.74) is -0.374. The Balaban J connectivity index is 1.67. The molecular formula is C20H32N4O4S. The first kappa shape index (κ1) is 22.0. The zero-order chi connectivity index (χ0) is 21.0. The maximum atomic E-state index is 12.7. The molecule has 1 aliphatic carbocycles. The maximum Gasteiger partial charge on any atom is 0.251 e. The Morgan fingerprint density at radius 1 is 1.07 bits per heavy atom. The van der Waals surface area contributed by atoms with E-state index in [1.165, 1.54) is 52.9 Å². The first-order chi connectivity index (χ1) is 13.9. The molecule has 0 aromatic carbocycles. The summed E-state index contributed by atoms with van der Waals surface area (Å²) in [5, 5.41) is 0. The van der Waals surface area contributed by atoms with Crippen LogP contribution < -0.4 is 5.56 Å². The van der Waals surface area contributed by atoms with E-state index in [1.54, 1.807) is 18.7 Å². The number of amides is 1. The minimum absolute atomic E-state index is 0.0413. The molecule has 0 radical (unpaired) electrons. The number of piperazine rings is 1. The molecule has 2 heterocycles. The standard InChI is InChI=1S/C20H32N4O4S/c1-3-24(4-2)29(27,28)18-9-10-19(25)23(15-18)16-20(26)22-13-11-21(12-14-22)17-7-5-6-8-17/h9-10,15,17H,3-8,11-14,16H2,1-2H3. The molecule has 0 bridgehead atoms. The van der Waals surface area contributed by atoms with Gasteiger partial charge < -0.3 is 9.47 Å². The lowest BCUT2D eigenvalue weighted by molar-refractivity contribution is -0.134. The number of carbonyl (C=O) groups is 1. The minimum atomic E-state index is -3.68. The molecule has 0 spiro atoms. The SMILES string of the molecule is CCN(CC)S(=O)(=O)c1ccc(=O)n(CC(=O)N2CCN(C3CCCC3)CC2)c1. The van der Waals surface area contributed by atoms with Crippen molar-refractivity contribution in [3.63, 3.8) is 0 Å². The molecule has 1 aromatic heterocycles. The number of sulfonamides is 1. The minimum Gasteiger partial charge on any atom is -0.339 e. The largest absolute Gasteiger partial charge is 0.339 e. The molecule has 0 atom stereocenters. The van der Waals surface area contributed by atoms with Gasteiger partial charge in [-0.05, 0) is 18.9 Å². The first-order valence-corrected chi connectivity index (χ1v) is 12.0. The van der Waals surface area contributed by atoms with Gasteiger partial charge >= 0.3 is 0 Å². The lowest BCUT2D eigenvalue weighted by Crippen LogP contribution is -2.52. The molecule has 1 amide bonds. The van der Waals surface area contributed by atoms with Crippen LogP contribution in [0.5, 0.6) is 0 Å². The second-order valence-electron chi connectivity index (χ2n) is 7.78. The van der Waals surface area contributed by atoms with E-state index < -0.39 is 10.0 Å². The topological polar surface area (TPSA) is 82.9 Å². The fourth-order valence-corrected chi connectivity index (χ4v) is 5.83. The van der Waals surface area contributed by atoms with E-state index in [2.05, 4.69) is 4.90 Å². The van der Waals surface area contributed by atoms with Gasteiger partial charge in [0.2, 0.25) is 15.9 Å². The van der Waals surface area contributed by atoms with Gasteiger partial charge in [0, 0.05) is 57.6 Å². The highest BCUT2D eigenvalue weighted by Crippen LogP contribution is 2.24. The Bertz CT molecular complexity index is 865. The predicted octanol–water partition coefficient (Wildman–Crippen LogP) is 0.966. The van der Waals surface area contributed by atoms with Crippen molar-refractivity contribution < 1.29 is 13.2 Å². The molecule has 1 saturated carbocycles. The van der Waals surface area contributed by atoms with Crippen LogP contribution in [0.1, 0.15) is 39.5 Å². The van der Waals surface area contributed by atoms with E-state index in [0.717, 1.165) is 13.1 Å². The number of rotatable bonds is 7. The van der Waals surface area contributed by atoms with Crippen molar-refractivity contribution >= 4 is 15.9 Å². The lowest BCUT2D eigenvalue weighted by Gasteiger charge is -2.38. The van der Waals surface area contributed by atoms with Crippen molar-refractivity contribution in [3.8, 4) is 0 Å². The van der Waals surface area contributed by atoms with Crippen LogP contribution in [0.3, 0.4) is 0 Å². The van der Waals surface area contributed by atoms with Crippen LogP contribution >= 0.6 is 0 Å². The quantitative estimate of drug-likeness (QED) is 0.651. The van der Waals surface area contributed by atoms with Crippen LogP contribution in [0.4, 0.5) is 0 Å². The van der Waals surface area contributed by atoms with Crippen molar-refractivity contribution in [2.24, 2.45) is 0 Å². The van der Waals surface area contributed by atoms with Crippen molar-refractivity contribution in [2.75, 3.05) is 39.3 Å². The number of nitrogens with zero attached hydrogens (tertiary/aromatic N) is 4. The summed E-state index contributed by atoms with van der Waals surface area (Å²) in [6, 6.07) is 3.19. The van der Waals surface area contributed by atoms with Gasteiger partial charge in [0.1, 0.15) is 6.54 Å². The van der Waals surface area contributed by atoms with Crippen LogP contribution in [0.25, 0.3) is 0 Å². The van der Waals surface area contributed by atoms with E-state index in [1.807, 2.05) is 0 Å². The maximum absolute atomic E-state index is 12.7. The highest BCUT2D eigenvalue weighted by atomic mass is 32.2. The second kappa shape index (κ2) is 9.40. The monoisotopic (exact) mass is 424 g/mol. The van der Waals surface area contributed by atoms with Crippen molar-refractivity contribution in [1.29, 1.82) is 0 Å². The van der Waals surface area contributed by atoms with E-state index >= 15 is 0 Å². The molecule has 2 aliphatic rings. The molecule has 1 aromatic rings. The molecule has 29 heavy (non-hydrogen) atoms. The Hall–Kier alpha value is -1.71. The predicted molar refractivity (Wildman–Crippen MR) is 111 cm³/mol. The zero-order valence-electron chi connectivity index (χ0n) is 17.4. The van der Waals surface area contributed by atoms with Crippen molar-refractivity contribution in [2.45, 2.75) is 57.0 Å². The van der Waals surface area contributed by atoms with Gasteiger partial charge in [-0.3, -0.25) is 14.5 Å². The van der Waals surface area contributed by atoms with Crippen LogP contribution in [-0.2, 0) is 21.4 Å². The van der Waals surface area contributed by atoms with E-state index in [-0.39, 0.29) is 22.9 Å². The summed E-state index contributed by atoms with van der Waals surface area (Å²) in [6.45, 7) is 7.14. The summed E-state index contributed by atoms with van der Waals surface area (Å²) in [5.74, 6) is -0.143. The van der Waals surface area contributed by atoms with Gasteiger partial charge in [-0.1, -0.05) is 26.7 Å². The Kier molecular flexibility index (Phi) is 7.13. The van der Waals surface area contributed by atoms with Gasteiger partial charge in [-0.25, -0.2) is 8.42 Å². The highest BCUT2D eigenvalue weighted by Gasteiger charge is 2.28. The molecule has 0 unspecified atom stereocenters. The number of hydrogen-bond acceptors (Lipinski definition) is 5. The Morgan fingerprint density at radius 2 is 1.69 bits per heavy atom. The van der Waals surface area contributed by atoms with Gasteiger partial charge in [0.05, 0.1) is 4.90 Å². The molecule has 9 heteroatoms. The molecule has 8 nitrogen and oxygen atoms in total. The molecule has 0 N–H and O–H groups in total. The number of hydrogen-bond donors (Lipinski definition) is 0. The molecule has 1 saturated heterocycles. The summed E-state index contributed by atoms with van der Waals surface area (Å²) < 4.78 is 28.0. The normalized spacial score (nSPS) is 19.2. The fraction of sp³-hybridized carbons (Fsp3) is 0.700. The fourth-order valence-electron chi connectivity index (χ4n) is 4.35. The van der Waals surface area contributed by atoms with Crippen LogP contribution in [0, 0.1) is 0 Å². The Morgan fingerprint density at radius 3 is 2.28 bits per heavy atom. The number of pyridine rings is 1. The third-order valence-electron chi connectivity index (χ3n) is 6.11. The van der Waals surface area contributed by atoms with Gasteiger partial charge in [0.25, 0.3) is 5.56 Å². The van der Waals surface area contributed by atoms with Crippen LogP contribution in [0.15, 0.2) is 28.0 Å². The van der Waals surface area contributed by atoms with E-state index in [0.29, 0.717) is 32.2 Å². The molecule has 1 aliphatic heterocycles. The van der Waals surface area contributed by atoms with Gasteiger partial charge in [0.15, 0.2) is 0 Å². The van der Waals surface area contributed by atoms with Crippen molar-refractivity contribution in [3.05, 3.63) is 28.7 Å². The average molecular weight is 425 g/mol. The van der Waals surface area contributed by atoms with Gasteiger partial charge in [-0.15, -0.1) is 0 Å². The third kappa shape index (κ3) is 4.90. The third-order valence-corrected chi connectivity index (χ3v) is 8.15. The first-order valence-electron chi connectivity index (χ1n) is 10.6. The molecular weight excluding hydrogens is 392 g/mol. The van der Waals surface area contributed by atoms with Crippen LogP contribution in [-0.4, -0.2) is 78.3 Å². The van der Waals surface area contributed by atoms with E-state index in [4.69, 9.17) is 0 Å². The number of carbonyl (C=O) groups excluding carboxylic acids is 1. The lowest BCUT2D eigenvalue weighted by atomic mass is 10.2. The molecule has 162 valence electrons. The van der Waals surface area contributed by atoms with Gasteiger partial charge in [-0.2, -0.15) is 4.31 Å². The summed E-state index contributed by atoms with van der Waals surface area (Å²) in [6.07, 6.45) is 6.37. The Labute approximate surface area is 173 Å². The average Bonchev–Trinajstić information content (AvgIpc) is 3.25. The smallest absolute Gasteiger partial charge is 0.251 e. The zero-order valence-corrected chi connectivity index (χ0v) is 18.2. The summed E-state index contributed by atoms with van der Waals surface area (Å²) in [4.78, 5) is 29.3. The van der Waals surface area contributed by atoms with Crippen molar-refractivity contribution in [1.82, 2.24) is 18.7 Å². The summed E-state index contributed by atoms with van der Waals surface area (Å²) in [7, 11) is -3.68.